The van der Waals surface area contributed by atoms with Gasteiger partial charge in [-0.05, 0) is 50.1 Å². The van der Waals surface area contributed by atoms with Gasteiger partial charge in [0.25, 0.3) is 0 Å². The van der Waals surface area contributed by atoms with E-state index in [0.29, 0.717) is 24.1 Å². The van der Waals surface area contributed by atoms with E-state index in [-0.39, 0.29) is 17.1 Å². The third-order valence-electron chi connectivity index (χ3n) is 6.78. The smallest absolute Gasteiger partial charge is 0.240 e. The number of hydrogen-bond acceptors (Lipinski definition) is 6. The van der Waals surface area contributed by atoms with E-state index >= 15 is 4.39 Å². The topological polar surface area (TPSA) is 98.1 Å². The van der Waals surface area contributed by atoms with Gasteiger partial charge in [-0.2, -0.15) is 0 Å². The number of imidazole rings is 1. The van der Waals surface area contributed by atoms with Gasteiger partial charge >= 0.3 is 0 Å². The first-order valence-corrected chi connectivity index (χ1v) is 13.4. The zero-order valence-corrected chi connectivity index (χ0v) is 22.1. The Balaban J connectivity index is 1.17. The van der Waals surface area contributed by atoms with E-state index in [9.17, 15) is 14.0 Å². The number of benzene rings is 2. The summed E-state index contributed by atoms with van der Waals surface area (Å²) in [6.07, 6.45) is 5.92. The molecule has 0 aliphatic heterocycles. The quantitative estimate of drug-likeness (QED) is 0.209. The van der Waals surface area contributed by atoms with Crippen LogP contribution in [0.25, 0.3) is 20.8 Å². The van der Waals surface area contributed by atoms with E-state index in [1.807, 2.05) is 23.8 Å². The molecule has 0 spiro atoms. The van der Waals surface area contributed by atoms with Crippen LogP contribution >= 0.6 is 11.3 Å². The minimum absolute atomic E-state index is 0.00201. The van der Waals surface area contributed by atoms with Crippen LogP contribution in [-0.4, -0.2) is 26.3 Å². The largest absolute Gasteiger partial charge is 0.453 e. The summed E-state index contributed by atoms with van der Waals surface area (Å²) < 4.78 is 37.7. The van der Waals surface area contributed by atoms with Crippen molar-refractivity contribution in [3.05, 3.63) is 85.0 Å². The molecule has 202 valence electrons. The summed E-state index contributed by atoms with van der Waals surface area (Å²) in [5.41, 5.74) is 0.359. The Morgan fingerprint density at radius 2 is 1.80 bits per heavy atom. The molecule has 40 heavy (non-hydrogen) atoms. The van der Waals surface area contributed by atoms with Crippen molar-refractivity contribution in [3.63, 3.8) is 0 Å². The maximum absolute atomic E-state index is 15.1. The summed E-state index contributed by atoms with van der Waals surface area (Å²) in [7, 11) is 0. The lowest BCUT2D eigenvalue weighted by molar-refractivity contribution is -0.131. The molecular weight excluding hydrogens is 536 g/mol. The molecule has 3 heterocycles. The highest BCUT2D eigenvalue weighted by molar-refractivity contribution is 7.22. The molecule has 0 bridgehead atoms. The average molecular weight is 560 g/mol. The van der Waals surface area contributed by atoms with Crippen LogP contribution in [0, 0.1) is 17.0 Å². The average Bonchev–Trinajstić information content (AvgIpc) is 3.42. The molecule has 11 heteroatoms. The Morgan fingerprint density at radius 3 is 2.52 bits per heavy atom. The highest BCUT2D eigenvalue weighted by atomic mass is 32.1. The minimum Gasteiger partial charge on any atom is -0.453 e. The van der Waals surface area contributed by atoms with Gasteiger partial charge in [-0.25, -0.2) is 13.8 Å². The van der Waals surface area contributed by atoms with Gasteiger partial charge < -0.3 is 19.9 Å². The van der Waals surface area contributed by atoms with Gasteiger partial charge in [0.2, 0.25) is 11.8 Å². The molecule has 1 fully saturated rings. The lowest BCUT2D eigenvalue weighted by atomic mass is 10.0. The van der Waals surface area contributed by atoms with E-state index < -0.39 is 28.9 Å². The minimum atomic E-state index is -1.33. The van der Waals surface area contributed by atoms with E-state index in [4.69, 9.17) is 4.74 Å². The van der Waals surface area contributed by atoms with Crippen LogP contribution in [0.4, 0.5) is 20.2 Å². The van der Waals surface area contributed by atoms with E-state index in [1.165, 1.54) is 41.7 Å². The van der Waals surface area contributed by atoms with Crippen LogP contribution in [-0.2, 0) is 16.1 Å². The molecule has 1 aliphatic rings. The summed E-state index contributed by atoms with van der Waals surface area (Å²) in [5, 5.41) is 5.09. The van der Waals surface area contributed by atoms with Crippen LogP contribution < -0.4 is 15.4 Å². The molecule has 0 radical (unpaired) electrons. The number of amides is 2. The molecule has 1 saturated carbocycles. The number of aromatic nitrogens is 3. The van der Waals surface area contributed by atoms with Gasteiger partial charge in [0, 0.05) is 36.8 Å². The van der Waals surface area contributed by atoms with Crippen molar-refractivity contribution >= 4 is 44.7 Å². The number of para-hydroxylation sites is 1. The number of carbonyl (C=O) groups excluding carboxylic acids is 2. The number of ether oxygens (including phenoxy) is 1. The maximum atomic E-state index is 15.1. The molecule has 6 rings (SSSR count). The number of halogens is 2. The molecule has 1 aliphatic carbocycles. The molecule has 0 unspecified atom stereocenters. The molecular formula is C29H23F2N5O3S. The third-order valence-corrected chi connectivity index (χ3v) is 7.94. The van der Waals surface area contributed by atoms with Gasteiger partial charge in [-0.3, -0.25) is 14.6 Å². The second-order valence-electron chi connectivity index (χ2n) is 9.44. The van der Waals surface area contributed by atoms with Crippen molar-refractivity contribution in [2.24, 2.45) is 5.41 Å². The normalized spacial score (nSPS) is 13.7. The Labute approximate surface area is 231 Å². The fraction of sp³-hybridized carbons (Fsp3) is 0.172. The number of nitrogens with zero attached hydrogens (tertiary/aromatic N) is 3. The fourth-order valence-corrected chi connectivity index (χ4v) is 5.33. The van der Waals surface area contributed by atoms with Crippen LogP contribution in [0.1, 0.15) is 19.8 Å². The molecule has 8 nitrogen and oxygen atoms in total. The predicted molar refractivity (Wildman–Crippen MR) is 148 cm³/mol. The molecule has 2 aromatic carbocycles. The fourth-order valence-electron chi connectivity index (χ4n) is 4.30. The SMILES string of the molecule is CCn1cnc(-c2cc3nccc(Oc4ccc(NC(=O)C5(C(=O)Nc6ccccc6F)CC5)cc4F)c3s2)c1. The third kappa shape index (κ3) is 4.79. The number of fused-ring (bicyclic) bond motifs is 1. The number of rotatable bonds is 8. The van der Waals surface area contributed by atoms with Gasteiger partial charge in [0.15, 0.2) is 11.6 Å². The Hall–Kier alpha value is -4.64. The highest BCUT2D eigenvalue weighted by Gasteiger charge is 2.56. The maximum Gasteiger partial charge on any atom is 0.240 e. The van der Waals surface area contributed by atoms with Crippen molar-refractivity contribution in [2.75, 3.05) is 10.6 Å². The number of thiophene rings is 1. The van der Waals surface area contributed by atoms with Gasteiger partial charge in [0.1, 0.15) is 17.0 Å². The number of hydrogen-bond donors (Lipinski definition) is 2. The molecule has 3 aromatic heterocycles. The Bertz CT molecular complexity index is 1760. The molecule has 2 N–H and O–H groups in total. The number of anilines is 2. The summed E-state index contributed by atoms with van der Waals surface area (Å²) in [6, 6.07) is 13.3. The summed E-state index contributed by atoms with van der Waals surface area (Å²) in [6.45, 7) is 2.84. The lowest BCUT2D eigenvalue weighted by Gasteiger charge is -2.16. The van der Waals surface area contributed by atoms with Crippen LogP contribution in [0.15, 0.2) is 73.3 Å². The van der Waals surface area contributed by atoms with Crippen molar-refractivity contribution in [2.45, 2.75) is 26.3 Å². The van der Waals surface area contributed by atoms with E-state index in [2.05, 4.69) is 20.6 Å². The summed E-state index contributed by atoms with van der Waals surface area (Å²) in [5.74, 6) is -2.07. The monoisotopic (exact) mass is 559 g/mol. The summed E-state index contributed by atoms with van der Waals surface area (Å²) in [4.78, 5) is 35.5. The van der Waals surface area contributed by atoms with E-state index in [1.54, 1.807) is 24.7 Å². The van der Waals surface area contributed by atoms with Crippen molar-refractivity contribution in [1.29, 1.82) is 0 Å². The molecule has 2 amide bonds. The van der Waals surface area contributed by atoms with Crippen LogP contribution in [0.3, 0.4) is 0 Å². The summed E-state index contributed by atoms with van der Waals surface area (Å²) >= 11 is 1.45. The Morgan fingerprint density at radius 1 is 1.00 bits per heavy atom. The first-order valence-electron chi connectivity index (χ1n) is 12.6. The van der Waals surface area contributed by atoms with Crippen molar-refractivity contribution < 1.29 is 23.1 Å². The lowest BCUT2D eigenvalue weighted by Crippen LogP contribution is -2.35. The molecule has 0 atom stereocenters. The van der Waals surface area contributed by atoms with Crippen LogP contribution in [0.5, 0.6) is 11.5 Å². The molecule has 0 saturated heterocycles. The zero-order chi connectivity index (χ0) is 27.9. The van der Waals surface area contributed by atoms with Gasteiger partial charge in [-0.1, -0.05) is 12.1 Å². The van der Waals surface area contributed by atoms with Crippen molar-refractivity contribution in [3.8, 4) is 22.1 Å². The van der Waals surface area contributed by atoms with Gasteiger partial charge in [0.05, 0.1) is 32.8 Å². The second kappa shape index (κ2) is 10.2. The zero-order valence-electron chi connectivity index (χ0n) is 21.3. The number of carbonyl (C=O) groups is 2. The number of nitrogens with one attached hydrogen (secondary N) is 2. The first-order chi connectivity index (χ1) is 19.4. The van der Waals surface area contributed by atoms with Crippen LogP contribution in [0.2, 0.25) is 0 Å². The number of pyridine rings is 1. The standard InChI is InChI=1S/C29H23F2N5O3S/c1-2-36-15-22(33-16-36)25-14-21-26(40-25)24(9-12-32-21)39-23-8-7-17(13-19(23)31)34-27(37)29(10-11-29)28(38)35-20-6-4-3-5-18(20)30/h3-9,12-16H,2,10-11H2,1H3,(H,34,37)(H,35,38). The predicted octanol–water partition coefficient (Wildman–Crippen LogP) is 6.61. The second-order valence-corrected chi connectivity index (χ2v) is 10.5. The van der Waals surface area contributed by atoms with Gasteiger partial charge in [-0.15, -0.1) is 11.3 Å². The number of aryl methyl sites for hydroxylation is 1. The molecule has 5 aromatic rings. The Kier molecular flexibility index (Phi) is 6.51. The van der Waals surface area contributed by atoms with Crippen molar-refractivity contribution in [1.82, 2.24) is 14.5 Å². The first kappa shape index (κ1) is 25.6. The highest BCUT2D eigenvalue weighted by Crippen LogP contribution is 2.48. The van der Waals surface area contributed by atoms with E-state index in [0.717, 1.165) is 27.9 Å².